The number of phenols is 1. The van der Waals surface area contributed by atoms with E-state index in [0.717, 1.165) is 24.2 Å². The summed E-state index contributed by atoms with van der Waals surface area (Å²) < 4.78 is 6.23. The van der Waals surface area contributed by atoms with Gasteiger partial charge in [-0.25, -0.2) is 0 Å². The van der Waals surface area contributed by atoms with Crippen LogP contribution in [0.25, 0.3) is 0 Å². The number of likely N-dealkylation sites (tertiary alicyclic amines) is 1. The van der Waals surface area contributed by atoms with Crippen LogP contribution in [0.15, 0.2) is 47.9 Å². The van der Waals surface area contributed by atoms with Crippen molar-refractivity contribution < 1.29 is 24.9 Å². The Morgan fingerprint density at radius 2 is 2.09 bits per heavy atom. The van der Waals surface area contributed by atoms with E-state index in [1.807, 2.05) is 24.3 Å². The summed E-state index contributed by atoms with van der Waals surface area (Å²) in [5.74, 6) is 0.419. The fraction of sp³-hybridized carbons (Fsp3) is 0.481. The number of aromatic hydroxyl groups is 1. The molecule has 2 fully saturated rings. The van der Waals surface area contributed by atoms with Crippen LogP contribution in [0.2, 0.25) is 0 Å². The molecule has 4 N–H and O–H groups in total. The number of pyridine rings is 1. The maximum Gasteiger partial charge on any atom is 0.251 e. The number of nitrogens with one attached hydrogen (secondary N) is 1. The lowest BCUT2D eigenvalue weighted by molar-refractivity contribution is -0.172. The highest BCUT2D eigenvalue weighted by atomic mass is 16.5. The zero-order valence-electron chi connectivity index (χ0n) is 19.4. The first kappa shape index (κ1) is 21.2. The van der Waals surface area contributed by atoms with Crippen molar-refractivity contribution in [1.29, 1.82) is 0 Å². The van der Waals surface area contributed by atoms with Crippen LogP contribution in [0, 0.1) is 5.92 Å². The van der Waals surface area contributed by atoms with Gasteiger partial charge in [-0.15, -0.1) is 0 Å². The van der Waals surface area contributed by atoms with Gasteiger partial charge in [0.05, 0.1) is 28.8 Å². The number of aliphatic hydroxyl groups is 2. The molecule has 0 radical (unpaired) electrons. The number of ether oxygens (including phenoxy) is 1. The quantitative estimate of drug-likeness (QED) is 0.524. The fourth-order valence-corrected chi connectivity index (χ4v) is 7.15. The average molecular weight is 476 g/mol. The van der Waals surface area contributed by atoms with Gasteiger partial charge >= 0.3 is 0 Å². The fourth-order valence-electron chi connectivity index (χ4n) is 7.15. The molecular weight excluding hydrogens is 446 g/mol. The summed E-state index contributed by atoms with van der Waals surface area (Å²) >= 11 is 0. The maximum atomic E-state index is 13.3. The van der Waals surface area contributed by atoms with Crippen LogP contribution in [0.4, 0.5) is 0 Å². The van der Waals surface area contributed by atoms with Crippen molar-refractivity contribution in [2.75, 3.05) is 13.1 Å². The number of benzene rings is 1. The Kier molecular flexibility index (Phi) is 4.37. The minimum Gasteiger partial charge on any atom is -0.508 e. The number of amides is 1. The lowest BCUT2D eigenvalue weighted by atomic mass is 9.49. The predicted molar refractivity (Wildman–Crippen MR) is 126 cm³/mol. The Hall–Kier alpha value is -3.10. The van der Waals surface area contributed by atoms with Crippen molar-refractivity contribution >= 4 is 5.91 Å². The Bertz CT molecular complexity index is 1260. The Balaban J connectivity index is 1.32. The number of nitrogens with zero attached hydrogens (tertiary/aromatic N) is 2. The second-order valence-electron chi connectivity index (χ2n) is 10.8. The highest BCUT2D eigenvalue weighted by molar-refractivity contribution is 5.95. The molecule has 1 spiro atoms. The smallest absolute Gasteiger partial charge is 0.251 e. The lowest BCUT2D eigenvalue weighted by Crippen LogP contribution is -2.75. The monoisotopic (exact) mass is 475 g/mol. The SMILES string of the molecule is O=C(NCc1ccccn1)C1=C(O)[C@@H]2Oc3c(O)ccc4c3[C@@]23CCN(CC2CC2)[C@H](C4)[C@]3(O)C1. The standard InChI is InChI=1S/C27H29N3O5/c31-19-7-6-16-11-20-27(34)12-18(25(33)29-13-17-3-1-2-9-28-17)22(32)24-26(27,21(16)23(19)35-24)8-10-30(20)14-15-4-5-15/h1-3,6-7,9,15,20,24,31-32,34H,4-5,8,10-14H2,(H,29,33)/t20-,24+,26+,27-/m1/s1. The Morgan fingerprint density at radius 3 is 2.86 bits per heavy atom. The molecule has 4 atom stereocenters. The van der Waals surface area contributed by atoms with Crippen molar-refractivity contribution in [2.45, 2.75) is 61.8 Å². The molecule has 5 aliphatic rings. The predicted octanol–water partition coefficient (Wildman–Crippen LogP) is 2.09. The van der Waals surface area contributed by atoms with Crippen LogP contribution in [0.1, 0.15) is 42.5 Å². The summed E-state index contributed by atoms with van der Waals surface area (Å²) in [4.78, 5) is 20.0. The number of carbonyl (C=O) groups is 1. The van der Waals surface area contributed by atoms with Gasteiger partial charge in [0.1, 0.15) is 5.76 Å². The largest absolute Gasteiger partial charge is 0.508 e. The third kappa shape index (κ3) is 2.81. The maximum absolute atomic E-state index is 13.3. The lowest BCUT2D eigenvalue weighted by Gasteiger charge is -2.62. The van der Waals surface area contributed by atoms with E-state index in [-0.39, 0.29) is 36.1 Å². The second-order valence-corrected chi connectivity index (χ2v) is 10.8. The first-order valence-corrected chi connectivity index (χ1v) is 12.5. The Morgan fingerprint density at radius 1 is 1.23 bits per heavy atom. The number of hydrogen-bond donors (Lipinski definition) is 4. The van der Waals surface area contributed by atoms with E-state index in [1.54, 1.807) is 12.3 Å². The van der Waals surface area contributed by atoms with E-state index in [4.69, 9.17) is 4.74 Å². The third-order valence-corrected chi connectivity index (χ3v) is 8.95. The molecule has 1 saturated carbocycles. The molecule has 8 nitrogen and oxygen atoms in total. The number of aliphatic hydroxyl groups excluding tert-OH is 1. The molecule has 0 unspecified atom stereocenters. The molecule has 182 valence electrons. The van der Waals surface area contributed by atoms with E-state index >= 15 is 0 Å². The number of hydrogen-bond acceptors (Lipinski definition) is 7. The van der Waals surface area contributed by atoms with Crippen molar-refractivity contribution in [3.05, 3.63) is 64.7 Å². The number of piperidine rings is 1. The number of rotatable bonds is 5. The third-order valence-electron chi connectivity index (χ3n) is 8.95. The molecule has 1 aromatic heterocycles. The van der Waals surface area contributed by atoms with Crippen LogP contribution < -0.4 is 10.1 Å². The molecule has 1 aromatic carbocycles. The van der Waals surface area contributed by atoms with Crippen molar-refractivity contribution in [2.24, 2.45) is 5.92 Å². The Labute approximate surface area is 203 Å². The topological polar surface area (TPSA) is 115 Å². The minimum absolute atomic E-state index is 0.00249. The van der Waals surface area contributed by atoms with Crippen LogP contribution in [0.5, 0.6) is 11.5 Å². The van der Waals surface area contributed by atoms with Crippen molar-refractivity contribution in [3.63, 3.8) is 0 Å². The van der Waals surface area contributed by atoms with Gasteiger partial charge in [-0.1, -0.05) is 12.1 Å². The zero-order chi connectivity index (χ0) is 23.9. The van der Waals surface area contributed by atoms with Crippen molar-refractivity contribution in [1.82, 2.24) is 15.2 Å². The van der Waals surface area contributed by atoms with E-state index in [9.17, 15) is 20.1 Å². The molecule has 8 heteroatoms. The van der Waals surface area contributed by atoms with E-state index in [0.29, 0.717) is 30.2 Å². The summed E-state index contributed by atoms with van der Waals surface area (Å²) in [7, 11) is 0. The summed E-state index contributed by atoms with van der Waals surface area (Å²) in [6.45, 7) is 1.94. The van der Waals surface area contributed by atoms with E-state index < -0.39 is 23.0 Å². The van der Waals surface area contributed by atoms with Crippen molar-refractivity contribution in [3.8, 4) is 11.5 Å². The summed E-state index contributed by atoms with van der Waals surface area (Å²) in [6, 6.07) is 8.84. The number of carbonyl (C=O) groups excluding carboxylic acids is 1. The van der Waals surface area contributed by atoms with Crippen LogP contribution in [0.3, 0.4) is 0 Å². The van der Waals surface area contributed by atoms with Gasteiger partial charge in [-0.05, 0) is 61.9 Å². The molecule has 1 amide bonds. The highest BCUT2D eigenvalue weighted by Crippen LogP contribution is 2.66. The molecule has 2 aliphatic heterocycles. The molecule has 35 heavy (non-hydrogen) atoms. The van der Waals surface area contributed by atoms with Gasteiger partial charge in [-0.3, -0.25) is 14.7 Å². The van der Waals surface area contributed by atoms with Gasteiger partial charge in [0.15, 0.2) is 17.6 Å². The van der Waals surface area contributed by atoms with Crippen LogP contribution in [-0.4, -0.2) is 61.9 Å². The second kappa shape index (κ2) is 7.21. The van der Waals surface area contributed by atoms with Crippen LogP contribution in [-0.2, 0) is 23.2 Å². The van der Waals surface area contributed by atoms with Crippen LogP contribution >= 0.6 is 0 Å². The zero-order valence-corrected chi connectivity index (χ0v) is 19.4. The molecule has 3 heterocycles. The first-order chi connectivity index (χ1) is 16.9. The molecule has 3 aliphatic carbocycles. The number of aromatic nitrogens is 1. The van der Waals surface area contributed by atoms with Gasteiger partial charge in [0.25, 0.3) is 5.91 Å². The minimum atomic E-state index is -1.30. The first-order valence-electron chi connectivity index (χ1n) is 12.5. The summed E-state index contributed by atoms with van der Waals surface area (Å²) in [6.07, 6.45) is 4.43. The van der Waals surface area contributed by atoms with Gasteiger partial charge < -0.3 is 25.4 Å². The number of phenolic OH excluding ortho intramolecular Hbond substituents is 1. The molecule has 2 bridgehead atoms. The average Bonchev–Trinajstić information content (AvgIpc) is 3.60. The molecule has 2 aromatic rings. The highest BCUT2D eigenvalue weighted by Gasteiger charge is 2.73. The van der Waals surface area contributed by atoms with Gasteiger partial charge in [0.2, 0.25) is 0 Å². The molecule has 7 rings (SSSR count). The normalized spacial score (nSPS) is 32.7. The van der Waals surface area contributed by atoms with E-state index in [1.165, 1.54) is 12.8 Å². The van der Waals surface area contributed by atoms with E-state index in [2.05, 4.69) is 15.2 Å². The summed E-state index contributed by atoms with van der Waals surface area (Å²) in [5, 5.41) is 37.5. The summed E-state index contributed by atoms with van der Waals surface area (Å²) in [5.41, 5.74) is 0.516. The van der Waals surface area contributed by atoms with Gasteiger partial charge in [0, 0.05) is 30.8 Å². The van der Waals surface area contributed by atoms with Gasteiger partial charge in [-0.2, -0.15) is 0 Å². The molecular formula is C27H29N3O5. The molecule has 1 saturated heterocycles.